The molecule has 1 N–H and O–H groups in total. The lowest BCUT2D eigenvalue weighted by Crippen LogP contribution is -2.35. The fourth-order valence-corrected chi connectivity index (χ4v) is 2.97. The molecule has 1 aliphatic rings. The summed E-state index contributed by atoms with van der Waals surface area (Å²) < 4.78 is 10.5. The summed E-state index contributed by atoms with van der Waals surface area (Å²) in [6.45, 7) is 0.730. The molecule has 1 heterocycles. The lowest BCUT2D eigenvalue weighted by Gasteiger charge is -2.26. The molecule has 1 fully saturated rings. The Morgan fingerprint density at radius 3 is 2.46 bits per heavy atom. The molecule has 136 valence electrons. The molecule has 26 heavy (non-hydrogen) atoms. The summed E-state index contributed by atoms with van der Waals surface area (Å²) in [5.74, 6) is 1.06. The van der Waals surface area contributed by atoms with Crippen LogP contribution in [0.15, 0.2) is 42.5 Å². The van der Waals surface area contributed by atoms with E-state index in [1.54, 1.807) is 42.3 Å². The summed E-state index contributed by atoms with van der Waals surface area (Å²) in [6.07, 6.45) is 2.53. The predicted molar refractivity (Wildman–Crippen MR) is 100 cm³/mol. The molecule has 0 radical (unpaired) electrons. The molecule has 0 aromatic heterocycles. The quantitative estimate of drug-likeness (QED) is 0.893. The number of anilines is 2. The second-order valence-electron chi connectivity index (χ2n) is 6.07. The van der Waals surface area contributed by atoms with Crippen LogP contribution in [0.3, 0.4) is 0 Å². The molecular weight excluding hydrogens is 332 g/mol. The minimum Gasteiger partial charge on any atom is -0.497 e. The van der Waals surface area contributed by atoms with E-state index in [9.17, 15) is 9.59 Å². The summed E-state index contributed by atoms with van der Waals surface area (Å²) >= 11 is 0. The van der Waals surface area contributed by atoms with Gasteiger partial charge >= 0.3 is 0 Å². The van der Waals surface area contributed by atoms with E-state index in [2.05, 4.69) is 5.32 Å². The number of hydrogen-bond acceptors (Lipinski definition) is 4. The van der Waals surface area contributed by atoms with Gasteiger partial charge in [0.15, 0.2) is 0 Å². The van der Waals surface area contributed by atoms with Crippen LogP contribution in [0.25, 0.3) is 0 Å². The van der Waals surface area contributed by atoms with Gasteiger partial charge in [0.2, 0.25) is 5.91 Å². The number of piperidine rings is 1. The van der Waals surface area contributed by atoms with E-state index in [1.165, 1.54) is 7.11 Å². The molecule has 2 amide bonds. The largest absolute Gasteiger partial charge is 0.497 e. The van der Waals surface area contributed by atoms with E-state index in [-0.39, 0.29) is 11.8 Å². The van der Waals surface area contributed by atoms with E-state index in [0.29, 0.717) is 29.2 Å². The van der Waals surface area contributed by atoms with Crippen molar-refractivity contribution in [2.45, 2.75) is 19.3 Å². The Morgan fingerprint density at radius 2 is 1.81 bits per heavy atom. The van der Waals surface area contributed by atoms with E-state index in [1.807, 2.05) is 12.1 Å². The van der Waals surface area contributed by atoms with Gasteiger partial charge in [-0.15, -0.1) is 0 Å². The lowest BCUT2D eigenvalue weighted by molar-refractivity contribution is -0.119. The van der Waals surface area contributed by atoms with Crippen molar-refractivity contribution in [3.63, 3.8) is 0 Å². The van der Waals surface area contributed by atoms with Crippen LogP contribution >= 0.6 is 0 Å². The predicted octanol–water partition coefficient (Wildman–Crippen LogP) is 3.47. The molecule has 1 saturated heterocycles. The number of ether oxygens (including phenoxy) is 2. The summed E-state index contributed by atoms with van der Waals surface area (Å²) in [7, 11) is 3.11. The zero-order valence-corrected chi connectivity index (χ0v) is 15.0. The third-order valence-corrected chi connectivity index (χ3v) is 4.42. The normalized spacial score (nSPS) is 14.1. The minimum absolute atomic E-state index is 0.136. The van der Waals surface area contributed by atoms with E-state index >= 15 is 0 Å². The average molecular weight is 354 g/mol. The highest BCUT2D eigenvalue weighted by atomic mass is 16.5. The molecule has 6 nitrogen and oxygen atoms in total. The van der Waals surface area contributed by atoms with Gasteiger partial charge < -0.3 is 19.7 Å². The Morgan fingerprint density at radius 1 is 1.04 bits per heavy atom. The molecule has 0 atom stereocenters. The third-order valence-electron chi connectivity index (χ3n) is 4.42. The molecule has 0 aliphatic carbocycles. The Bertz CT molecular complexity index is 802. The number of nitrogens with one attached hydrogen (secondary N) is 1. The highest BCUT2D eigenvalue weighted by molar-refractivity contribution is 6.05. The zero-order valence-electron chi connectivity index (χ0n) is 15.0. The van der Waals surface area contributed by atoms with Crippen LogP contribution in [-0.2, 0) is 4.79 Å². The molecule has 0 saturated carbocycles. The summed E-state index contributed by atoms with van der Waals surface area (Å²) in [5.41, 5.74) is 1.90. The SMILES string of the molecule is COc1ccc(NC(=O)c2ccc(N3CCCCC3=O)cc2)c(OC)c1. The number of benzene rings is 2. The minimum atomic E-state index is -0.245. The number of nitrogens with zero attached hydrogens (tertiary/aromatic N) is 1. The molecular formula is C20H22N2O4. The maximum absolute atomic E-state index is 12.5. The number of methoxy groups -OCH3 is 2. The Balaban J connectivity index is 1.73. The van der Waals surface area contributed by atoms with Crippen molar-refractivity contribution in [3.05, 3.63) is 48.0 Å². The van der Waals surface area contributed by atoms with Gasteiger partial charge in [-0.3, -0.25) is 9.59 Å². The fourth-order valence-electron chi connectivity index (χ4n) is 2.97. The fraction of sp³-hybridized carbons (Fsp3) is 0.300. The van der Waals surface area contributed by atoms with Crippen LogP contribution in [0.5, 0.6) is 11.5 Å². The number of carbonyl (C=O) groups excluding carboxylic acids is 2. The molecule has 0 spiro atoms. The van der Waals surface area contributed by atoms with Crippen LogP contribution in [0.2, 0.25) is 0 Å². The molecule has 2 aromatic carbocycles. The van der Waals surface area contributed by atoms with Crippen molar-refractivity contribution < 1.29 is 19.1 Å². The van der Waals surface area contributed by atoms with Crippen LogP contribution in [-0.4, -0.2) is 32.6 Å². The van der Waals surface area contributed by atoms with Crippen molar-refractivity contribution in [2.75, 3.05) is 31.0 Å². The summed E-state index contributed by atoms with van der Waals surface area (Å²) in [6, 6.07) is 12.3. The van der Waals surface area contributed by atoms with Crippen LogP contribution in [0.1, 0.15) is 29.6 Å². The highest BCUT2D eigenvalue weighted by Gasteiger charge is 2.20. The van der Waals surface area contributed by atoms with Crippen LogP contribution in [0, 0.1) is 0 Å². The van der Waals surface area contributed by atoms with Gasteiger partial charge in [-0.05, 0) is 49.2 Å². The van der Waals surface area contributed by atoms with Gasteiger partial charge in [-0.25, -0.2) is 0 Å². The summed E-state index contributed by atoms with van der Waals surface area (Å²) in [5, 5.41) is 2.84. The zero-order chi connectivity index (χ0) is 18.5. The lowest BCUT2D eigenvalue weighted by atomic mass is 10.1. The van der Waals surface area contributed by atoms with E-state index in [0.717, 1.165) is 25.1 Å². The number of rotatable bonds is 5. The van der Waals surface area contributed by atoms with Crippen molar-refractivity contribution in [3.8, 4) is 11.5 Å². The van der Waals surface area contributed by atoms with Crippen LogP contribution in [0.4, 0.5) is 11.4 Å². The van der Waals surface area contributed by atoms with Gasteiger partial charge in [0.05, 0.1) is 19.9 Å². The summed E-state index contributed by atoms with van der Waals surface area (Å²) in [4.78, 5) is 26.3. The molecule has 0 unspecified atom stereocenters. The van der Waals surface area contributed by atoms with Crippen LogP contribution < -0.4 is 19.7 Å². The first-order chi connectivity index (χ1) is 12.6. The van der Waals surface area contributed by atoms with Gasteiger partial charge in [-0.2, -0.15) is 0 Å². The first kappa shape index (κ1) is 17.8. The van der Waals surface area contributed by atoms with Crippen molar-refractivity contribution in [1.29, 1.82) is 0 Å². The number of amides is 2. The number of carbonyl (C=O) groups is 2. The molecule has 6 heteroatoms. The monoisotopic (exact) mass is 354 g/mol. The van der Waals surface area contributed by atoms with Crippen molar-refractivity contribution in [1.82, 2.24) is 0 Å². The number of hydrogen-bond donors (Lipinski definition) is 1. The maximum Gasteiger partial charge on any atom is 0.255 e. The highest BCUT2D eigenvalue weighted by Crippen LogP contribution is 2.29. The second kappa shape index (κ2) is 7.91. The Kier molecular flexibility index (Phi) is 5.41. The van der Waals surface area contributed by atoms with Gasteiger partial charge in [0, 0.05) is 30.3 Å². The molecule has 1 aliphatic heterocycles. The topological polar surface area (TPSA) is 67.9 Å². The second-order valence-corrected chi connectivity index (χ2v) is 6.07. The smallest absolute Gasteiger partial charge is 0.255 e. The molecule has 2 aromatic rings. The van der Waals surface area contributed by atoms with Crippen molar-refractivity contribution in [2.24, 2.45) is 0 Å². The van der Waals surface area contributed by atoms with E-state index in [4.69, 9.17) is 9.47 Å². The first-order valence-corrected chi connectivity index (χ1v) is 8.56. The Hall–Kier alpha value is -3.02. The maximum atomic E-state index is 12.5. The standard InChI is InChI=1S/C20H22N2O4/c1-25-16-10-11-17(18(13-16)26-2)21-20(24)14-6-8-15(9-7-14)22-12-4-3-5-19(22)23/h6-11,13H,3-5,12H2,1-2H3,(H,21,24). The Labute approximate surface area is 152 Å². The molecule has 0 bridgehead atoms. The van der Waals surface area contributed by atoms with Gasteiger partial charge in [0.25, 0.3) is 5.91 Å². The third kappa shape index (κ3) is 3.79. The average Bonchev–Trinajstić information content (AvgIpc) is 2.68. The molecule has 3 rings (SSSR count). The van der Waals surface area contributed by atoms with E-state index < -0.39 is 0 Å². The van der Waals surface area contributed by atoms with Gasteiger partial charge in [-0.1, -0.05) is 0 Å². The first-order valence-electron chi connectivity index (χ1n) is 8.56. The van der Waals surface area contributed by atoms with Gasteiger partial charge in [0.1, 0.15) is 11.5 Å². The van der Waals surface area contributed by atoms with Crippen molar-refractivity contribution >= 4 is 23.2 Å².